The predicted octanol–water partition coefficient (Wildman–Crippen LogP) is 2.47. The van der Waals surface area contributed by atoms with Crippen molar-refractivity contribution in [2.24, 2.45) is 0 Å². The highest BCUT2D eigenvalue weighted by Gasteiger charge is 2.15. The van der Waals surface area contributed by atoms with E-state index in [-0.39, 0.29) is 5.78 Å². The number of hydrogen-bond acceptors (Lipinski definition) is 4. The first-order valence-electron chi connectivity index (χ1n) is 6.49. The molecular formula is C16H15NO3. The monoisotopic (exact) mass is 269 g/mol. The molecule has 0 saturated carbocycles. The van der Waals surface area contributed by atoms with Gasteiger partial charge in [0.25, 0.3) is 0 Å². The Kier molecular flexibility index (Phi) is 3.29. The van der Waals surface area contributed by atoms with Crippen LogP contribution in [0.15, 0.2) is 42.5 Å². The van der Waals surface area contributed by atoms with E-state index in [1.165, 1.54) is 0 Å². The van der Waals surface area contributed by atoms with Crippen molar-refractivity contribution >= 4 is 11.5 Å². The van der Waals surface area contributed by atoms with Crippen LogP contribution in [0.1, 0.15) is 15.9 Å². The van der Waals surface area contributed by atoms with E-state index < -0.39 is 0 Å². The molecule has 1 heterocycles. The summed E-state index contributed by atoms with van der Waals surface area (Å²) >= 11 is 0. The van der Waals surface area contributed by atoms with Crippen LogP contribution in [0, 0.1) is 0 Å². The quantitative estimate of drug-likeness (QED) is 0.687. The Morgan fingerprint density at radius 1 is 1.00 bits per heavy atom. The Morgan fingerprint density at radius 2 is 1.70 bits per heavy atom. The zero-order valence-corrected chi connectivity index (χ0v) is 11.0. The maximum absolute atomic E-state index is 12.3. The largest absolute Gasteiger partial charge is 0.486 e. The van der Waals surface area contributed by atoms with E-state index in [4.69, 9.17) is 15.2 Å². The molecule has 20 heavy (non-hydrogen) atoms. The molecule has 0 atom stereocenters. The van der Waals surface area contributed by atoms with Gasteiger partial charge >= 0.3 is 0 Å². The van der Waals surface area contributed by atoms with Crippen molar-refractivity contribution in [3.8, 4) is 11.5 Å². The molecule has 4 heteroatoms. The Labute approximate surface area is 117 Å². The van der Waals surface area contributed by atoms with Gasteiger partial charge in [-0.3, -0.25) is 4.79 Å². The normalized spacial score (nSPS) is 13.0. The summed E-state index contributed by atoms with van der Waals surface area (Å²) in [6.07, 6.45) is 0.347. The van der Waals surface area contributed by atoms with Crippen molar-refractivity contribution in [3.63, 3.8) is 0 Å². The van der Waals surface area contributed by atoms with Crippen molar-refractivity contribution in [1.82, 2.24) is 0 Å². The average Bonchev–Trinajstić information content (AvgIpc) is 2.49. The number of carbonyl (C=O) groups is 1. The fourth-order valence-electron chi connectivity index (χ4n) is 2.14. The summed E-state index contributed by atoms with van der Waals surface area (Å²) in [6.45, 7) is 1.06. The fourth-order valence-corrected chi connectivity index (χ4v) is 2.14. The molecule has 0 aromatic heterocycles. The number of hydrogen-bond donors (Lipinski definition) is 1. The highest BCUT2D eigenvalue weighted by molar-refractivity contribution is 5.98. The van der Waals surface area contributed by atoms with Crippen molar-refractivity contribution in [2.45, 2.75) is 6.42 Å². The lowest BCUT2D eigenvalue weighted by molar-refractivity contribution is 0.0991. The van der Waals surface area contributed by atoms with Gasteiger partial charge in [-0.25, -0.2) is 0 Å². The maximum Gasteiger partial charge on any atom is 0.167 e. The lowest BCUT2D eigenvalue weighted by Crippen LogP contribution is -2.16. The van der Waals surface area contributed by atoms with Crippen LogP contribution in [0.5, 0.6) is 11.5 Å². The van der Waals surface area contributed by atoms with Gasteiger partial charge in [-0.2, -0.15) is 0 Å². The summed E-state index contributed by atoms with van der Waals surface area (Å²) in [4.78, 5) is 12.3. The minimum absolute atomic E-state index is 0.0479. The first kappa shape index (κ1) is 12.5. The third-order valence-electron chi connectivity index (χ3n) is 3.21. The van der Waals surface area contributed by atoms with Crippen LogP contribution in [0.3, 0.4) is 0 Å². The standard InChI is InChI=1S/C16H15NO3/c17-13-4-1-11(2-5-13)9-14(18)12-3-6-15-16(10-12)20-8-7-19-15/h1-6,10H,7-9,17H2. The van der Waals surface area contributed by atoms with Gasteiger partial charge in [-0.05, 0) is 35.9 Å². The average molecular weight is 269 g/mol. The van der Waals surface area contributed by atoms with Crippen LogP contribution < -0.4 is 15.2 Å². The number of rotatable bonds is 3. The highest BCUT2D eigenvalue weighted by atomic mass is 16.6. The molecule has 1 aliphatic heterocycles. The Morgan fingerprint density at radius 3 is 2.45 bits per heavy atom. The zero-order chi connectivity index (χ0) is 13.9. The molecule has 3 rings (SSSR count). The summed E-state index contributed by atoms with van der Waals surface area (Å²) in [5.41, 5.74) is 7.90. The third-order valence-corrected chi connectivity index (χ3v) is 3.21. The Balaban J connectivity index is 1.78. The van der Waals surface area contributed by atoms with Crippen molar-refractivity contribution in [1.29, 1.82) is 0 Å². The SMILES string of the molecule is Nc1ccc(CC(=O)c2ccc3c(c2)OCCO3)cc1. The molecule has 0 saturated heterocycles. The summed E-state index contributed by atoms with van der Waals surface area (Å²) in [5, 5.41) is 0. The second-order valence-corrected chi connectivity index (χ2v) is 4.70. The van der Waals surface area contributed by atoms with Crippen LogP contribution >= 0.6 is 0 Å². The van der Waals surface area contributed by atoms with Gasteiger partial charge in [0.05, 0.1) is 0 Å². The molecule has 4 nitrogen and oxygen atoms in total. The lowest BCUT2D eigenvalue weighted by atomic mass is 10.0. The highest BCUT2D eigenvalue weighted by Crippen LogP contribution is 2.31. The Bertz CT molecular complexity index is 635. The summed E-state index contributed by atoms with van der Waals surface area (Å²) in [7, 11) is 0. The smallest absolute Gasteiger partial charge is 0.167 e. The predicted molar refractivity (Wildman–Crippen MR) is 76.3 cm³/mol. The van der Waals surface area contributed by atoms with Gasteiger partial charge in [0, 0.05) is 17.7 Å². The molecule has 0 amide bonds. The van der Waals surface area contributed by atoms with Gasteiger partial charge < -0.3 is 15.2 Å². The fraction of sp³-hybridized carbons (Fsp3) is 0.188. The van der Waals surface area contributed by atoms with E-state index in [1.807, 2.05) is 12.1 Å². The maximum atomic E-state index is 12.3. The molecule has 0 aliphatic carbocycles. The van der Waals surface area contributed by atoms with E-state index >= 15 is 0 Å². The topological polar surface area (TPSA) is 61.6 Å². The molecule has 0 fully saturated rings. The van der Waals surface area contributed by atoms with Gasteiger partial charge in [-0.15, -0.1) is 0 Å². The Hall–Kier alpha value is -2.49. The van der Waals surface area contributed by atoms with Crippen LogP contribution in [0.25, 0.3) is 0 Å². The minimum atomic E-state index is 0.0479. The number of benzene rings is 2. The molecule has 0 spiro atoms. The number of nitrogens with two attached hydrogens (primary N) is 1. The number of anilines is 1. The van der Waals surface area contributed by atoms with Gasteiger partial charge in [0.2, 0.25) is 0 Å². The number of fused-ring (bicyclic) bond motifs is 1. The van der Waals surface area contributed by atoms with Crippen molar-refractivity contribution in [2.75, 3.05) is 18.9 Å². The molecule has 2 aromatic carbocycles. The number of Topliss-reactive ketones (excluding diaryl/α,β-unsaturated/α-hetero) is 1. The van der Waals surface area contributed by atoms with Crippen LogP contribution in [0.4, 0.5) is 5.69 Å². The van der Waals surface area contributed by atoms with Gasteiger partial charge in [-0.1, -0.05) is 12.1 Å². The molecule has 2 aromatic rings. The molecule has 102 valence electrons. The van der Waals surface area contributed by atoms with Crippen molar-refractivity contribution in [3.05, 3.63) is 53.6 Å². The minimum Gasteiger partial charge on any atom is -0.486 e. The van der Waals surface area contributed by atoms with Crippen LogP contribution in [-0.2, 0) is 6.42 Å². The number of carbonyl (C=O) groups excluding carboxylic acids is 1. The first-order chi connectivity index (χ1) is 9.72. The number of ketones is 1. The third kappa shape index (κ3) is 2.59. The molecule has 1 aliphatic rings. The lowest BCUT2D eigenvalue weighted by Gasteiger charge is -2.18. The van der Waals surface area contributed by atoms with E-state index in [1.54, 1.807) is 30.3 Å². The van der Waals surface area contributed by atoms with E-state index in [2.05, 4.69) is 0 Å². The molecule has 2 N–H and O–H groups in total. The van der Waals surface area contributed by atoms with E-state index in [0.717, 1.165) is 5.56 Å². The first-order valence-corrected chi connectivity index (χ1v) is 6.49. The zero-order valence-electron chi connectivity index (χ0n) is 11.0. The number of ether oxygens (including phenoxy) is 2. The van der Waals surface area contributed by atoms with Gasteiger partial charge in [0.15, 0.2) is 17.3 Å². The summed E-state index contributed by atoms with van der Waals surface area (Å²) in [6, 6.07) is 12.6. The number of nitrogen functional groups attached to an aromatic ring is 1. The van der Waals surface area contributed by atoms with Crippen LogP contribution in [0.2, 0.25) is 0 Å². The second kappa shape index (κ2) is 5.25. The van der Waals surface area contributed by atoms with E-state index in [9.17, 15) is 4.79 Å². The van der Waals surface area contributed by atoms with Gasteiger partial charge in [0.1, 0.15) is 13.2 Å². The summed E-state index contributed by atoms with van der Waals surface area (Å²) < 4.78 is 10.9. The molecule has 0 unspecified atom stereocenters. The van der Waals surface area contributed by atoms with E-state index in [0.29, 0.717) is 42.4 Å². The molecule has 0 bridgehead atoms. The van der Waals surface area contributed by atoms with Crippen molar-refractivity contribution < 1.29 is 14.3 Å². The summed E-state index contributed by atoms with van der Waals surface area (Å²) in [5.74, 6) is 1.38. The molecule has 0 radical (unpaired) electrons. The van der Waals surface area contributed by atoms with Crippen LogP contribution in [-0.4, -0.2) is 19.0 Å². The second-order valence-electron chi connectivity index (χ2n) is 4.70. The molecular weight excluding hydrogens is 254 g/mol.